The molecule has 0 aliphatic carbocycles. The van der Waals surface area contributed by atoms with Gasteiger partial charge in [0.1, 0.15) is 0 Å². The number of aryl methyl sites for hydroxylation is 1. The van der Waals surface area contributed by atoms with Crippen LogP contribution in [0, 0.1) is 0 Å². The summed E-state index contributed by atoms with van der Waals surface area (Å²) in [6.07, 6.45) is 1.89. The lowest BCUT2D eigenvalue weighted by atomic mass is 10.0. The van der Waals surface area contributed by atoms with Gasteiger partial charge < -0.3 is 19.6 Å². The highest BCUT2D eigenvalue weighted by Crippen LogP contribution is 2.13. The average Bonchev–Trinajstić information content (AvgIpc) is 2.84. The fourth-order valence-corrected chi connectivity index (χ4v) is 3.52. The summed E-state index contributed by atoms with van der Waals surface area (Å²) in [6.45, 7) is 10.3. The molecule has 6 nitrogen and oxygen atoms in total. The van der Waals surface area contributed by atoms with Crippen LogP contribution in [0.1, 0.15) is 44.7 Å². The largest absolute Gasteiger partial charge is 0.479 e. The molecule has 1 aromatic carbocycles. The molecule has 156 valence electrons. The van der Waals surface area contributed by atoms with Crippen molar-refractivity contribution >= 4 is 11.9 Å². The van der Waals surface area contributed by atoms with Crippen molar-refractivity contribution in [2.45, 2.75) is 58.7 Å². The number of carboxylic acids is 1. The van der Waals surface area contributed by atoms with Crippen LogP contribution in [0.5, 0.6) is 0 Å². The molecule has 1 fully saturated rings. The van der Waals surface area contributed by atoms with Crippen molar-refractivity contribution in [2.24, 2.45) is 0 Å². The molecular formula is C22H34N2O4. The smallest absolute Gasteiger partial charge is 0.333 e. The third kappa shape index (κ3) is 7.24. The average molecular weight is 391 g/mol. The Morgan fingerprint density at radius 3 is 2.43 bits per heavy atom. The normalized spacial score (nSPS) is 17.0. The molecule has 0 spiro atoms. The number of carbonyl (C=O) groups excluding carboxylic acids is 1. The van der Waals surface area contributed by atoms with Crippen molar-refractivity contribution in [1.29, 1.82) is 0 Å². The molecule has 1 aliphatic heterocycles. The monoisotopic (exact) mass is 390 g/mol. The van der Waals surface area contributed by atoms with Gasteiger partial charge in [-0.05, 0) is 44.4 Å². The molecule has 1 N–H and O–H groups in total. The Morgan fingerprint density at radius 2 is 1.82 bits per heavy atom. The SMILES string of the molecule is CCN1CCC(=O)N(CCCc2ccc(CC(OC(C)C)C(=O)O)cc2)CC1. The standard InChI is InChI=1S/C22H34N2O4/c1-4-23-13-11-21(25)24(15-14-23)12-5-6-18-7-9-19(10-8-18)16-20(22(26)27)28-17(2)3/h7-10,17,20H,4-6,11-16H2,1-3H3,(H,26,27). The lowest BCUT2D eigenvalue weighted by molar-refractivity contribution is -0.153. The highest BCUT2D eigenvalue weighted by atomic mass is 16.5. The lowest BCUT2D eigenvalue weighted by Crippen LogP contribution is -2.34. The van der Waals surface area contributed by atoms with Gasteiger partial charge in [0.05, 0.1) is 6.10 Å². The molecular weight excluding hydrogens is 356 g/mol. The molecule has 0 radical (unpaired) electrons. The van der Waals surface area contributed by atoms with E-state index in [-0.39, 0.29) is 12.0 Å². The molecule has 1 unspecified atom stereocenters. The van der Waals surface area contributed by atoms with Gasteiger partial charge >= 0.3 is 5.97 Å². The number of nitrogens with zero attached hydrogens (tertiary/aromatic N) is 2. The number of hydrogen-bond acceptors (Lipinski definition) is 4. The van der Waals surface area contributed by atoms with Crippen LogP contribution in [-0.2, 0) is 27.2 Å². The highest BCUT2D eigenvalue weighted by molar-refractivity contribution is 5.76. The number of carbonyl (C=O) groups is 2. The Morgan fingerprint density at radius 1 is 1.14 bits per heavy atom. The van der Waals surface area contributed by atoms with Crippen molar-refractivity contribution in [3.8, 4) is 0 Å². The second-order valence-corrected chi connectivity index (χ2v) is 7.70. The van der Waals surface area contributed by atoms with Gasteiger partial charge in [0.2, 0.25) is 5.91 Å². The first kappa shape index (κ1) is 22.4. The third-order valence-electron chi connectivity index (χ3n) is 5.18. The van der Waals surface area contributed by atoms with E-state index in [4.69, 9.17) is 4.74 Å². The van der Waals surface area contributed by atoms with Crippen molar-refractivity contribution in [3.63, 3.8) is 0 Å². The van der Waals surface area contributed by atoms with Crippen molar-refractivity contribution in [3.05, 3.63) is 35.4 Å². The molecule has 0 saturated carbocycles. The zero-order valence-electron chi connectivity index (χ0n) is 17.4. The number of rotatable bonds is 10. The summed E-state index contributed by atoms with van der Waals surface area (Å²) in [4.78, 5) is 27.9. The Kier molecular flexibility index (Phi) is 8.93. The fourth-order valence-electron chi connectivity index (χ4n) is 3.52. The topological polar surface area (TPSA) is 70.1 Å². The number of carboxylic acid groups (broad SMARTS) is 1. The summed E-state index contributed by atoms with van der Waals surface area (Å²) in [6, 6.07) is 8.05. The van der Waals surface area contributed by atoms with Gasteiger partial charge in [-0.25, -0.2) is 4.79 Å². The number of likely N-dealkylation sites (N-methyl/N-ethyl adjacent to an activating group) is 1. The second-order valence-electron chi connectivity index (χ2n) is 7.70. The quantitative estimate of drug-likeness (QED) is 0.665. The second kappa shape index (κ2) is 11.2. The Hall–Kier alpha value is -1.92. The van der Waals surface area contributed by atoms with Crippen molar-refractivity contribution in [1.82, 2.24) is 9.80 Å². The number of ether oxygens (including phenoxy) is 1. The third-order valence-corrected chi connectivity index (χ3v) is 5.18. The first-order chi connectivity index (χ1) is 13.4. The van der Waals surface area contributed by atoms with Gasteiger partial charge in [-0.15, -0.1) is 0 Å². The van der Waals surface area contributed by atoms with E-state index in [0.717, 1.165) is 51.1 Å². The molecule has 1 atom stereocenters. The summed E-state index contributed by atoms with van der Waals surface area (Å²) in [5.74, 6) is -0.669. The molecule has 0 bridgehead atoms. The molecule has 0 aromatic heterocycles. The van der Waals surface area contributed by atoms with Gasteiger partial charge in [0.15, 0.2) is 6.10 Å². The minimum atomic E-state index is -0.929. The van der Waals surface area contributed by atoms with E-state index in [1.165, 1.54) is 5.56 Å². The summed E-state index contributed by atoms with van der Waals surface area (Å²) < 4.78 is 5.47. The summed E-state index contributed by atoms with van der Waals surface area (Å²) in [5.41, 5.74) is 2.16. The summed E-state index contributed by atoms with van der Waals surface area (Å²) in [7, 11) is 0. The van der Waals surface area contributed by atoms with E-state index < -0.39 is 12.1 Å². The zero-order chi connectivity index (χ0) is 20.5. The van der Waals surface area contributed by atoms with Crippen LogP contribution in [0.2, 0.25) is 0 Å². The predicted molar refractivity (Wildman–Crippen MR) is 109 cm³/mol. The van der Waals surface area contributed by atoms with Crippen LogP contribution in [0.25, 0.3) is 0 Å². The van der Waals surface area contributed by atoms with Gasteiger partial charge in [-0.3, -0.25) is 4.79 Å². The summed E-state index contributed by atoms with van der Waals surface area (Å²) in [5, 5.41) is 9.29. The first-order valence-corrected chi connectivity index (χ1v) is 10.3. The predicted octanol–water partition coefficient (Wildman–Crippen LogP) is 2.59. The number of aliphatic carboxylic acids is 1. The number of hydrogen-bond donors (Lipinski definition) is 1. The number of benzene rings is 1. The molecule has 6 heteroatoms. The maximum atomic E-state index is 12.2. The minimum absolute atomic E-state index is 0.119. The fraction of sp³-hybridized carbons (Fsp3) is 0.636. The molecule has 1 aliphatic rings. The van der Waals surface area contributed by atoms with Crippen LogP contribution in [0.15, 0.2) is 24.3 Å². The molecule has 2 rings (SSSR count). The van der Waals surface area contributed by atoms with Crippen molar-refractivity contribution < 1.29 is 19.4 Å². The summed E-state index contributed by atoms with van der Waals surface area (Å²) >= 11 is 0. The van der Waals surface area contributed by atoms with E-state index in [1.807, 2.05) is 43.0 Å². The minimum Gasteiger partial charge on any atom is -0.479 e. The van der Waals surface area contributed by atoms with Gasteiger partial charge in [-0.2, -0.15) is 0 Å². The molecule has 1 amide bonds. The van der Waals surface area contributed by atoms with Crippen molar-refractivity contribution in [2.75, 3.05) is 32.7 Å². The molecule has 1 saturated heterocycles. The van der Waals surface area contributed by atoms with Gasteiger partial charge in [0, 0.05) is 39.0 Å². The maximum absolute atomic E-state index is 12.2. The van der Waals surface area contributed by atoms with Crippen LogP contribution >= 0.6 is 0 Å². The highest BCUT2D eigenvalue weighted by Gasteiger charge is 2.21. The van der Waals surface area contributed by atoms with Crippen LogP contribution in [0.3, 0.4) is 0 Å². The van der Waals surface area contributed by atoms with Crippen LogP contribution in [-0.4, -0.2) is 71.7 Å². The molecule has 1 heterocycles. The zero-order valence-corrected chi connectivity index (χ0v) is 17.4. The lowest BCUT2D eigenvalue weighted by Gasteiger charge is -2.21. The van der Waals surface area contributed by atoms with E-state index in [0.29, 0.717) is 12.8 Å². The van der Waals surface area contributed by atoms with E-state index in [9.17, 15) is 14.7 Å². The molecule has 28 heavy (non-hydrogen) atoms. The Labute approximate surface area is 168 Å². The van der Waals surface area contributed by atoms with E-state index in [1.54, 1.807) is 0 Å². The molecule has 1 aromatic rings. The van der Waals surface area contributed by atoms with Crippen LogP contribution in [0.4, 0.5) is 0 Å². The van der Waals surface area contributed by atoms with Gasteiger partial charge in [0.25, 0.3) is 0 Å². The first-order valence-electron chi connectivity index (χ1n) is 10.3. The Balaban J connectivity index is 1.80. The van der Waals surface area contributed by atoms with E-state index in [2.05, 4.69) is 11.8 Å². The number of amides is 1. The van der Waals surface area contributed by atoms with E-state index >= 15 is 0 Å². The van der Waals surface area contributed by atoms with Crippen LogP contribution < -0.4 is 0 Å². The maximum Gasteiger partial charge on any atom is 0.333 e. The Bertz CT molecular complexity index is 630. The van der Waals surface area contributed by atoms with Gasteiger partial charge in [-0.1, -0.05) is 31.2 Å².